The molecule has 0 unspecified atom stereocenters. The number of hydrogen-bond donors (Lipinski definition) is 0. The van der Waals surface area contributed by atoms with E-state index in [1.165, 1.54) is 11.3 Å². The van der Waals surface area contributed by atoms with E-state index in [4.69, 9.17) is 11.6 Å². The molecule has 3 nitrogen and oxygen atoms in total. The lowest BCUT2D eigenvalue weighted by molar-refractivity contribution is 1.09. The first kappa shape index (κ1) is 6.94. The van der Waals surface area contributed by atoms with Gasteiger partial charge in [-0.15, -0.1) is 11.3 Å². The fourth-order valence-corrected chi connectivity index (χ4v) is 1.85. The maximum Gasteiger partial charge on any atom is 0.159 e. The molecule has 0 saturated heterocycles. The number of rotatable bonds is 0. The van der Waals surface area contributed by atoms with Crippen molar-refractivity contribution in [3.05, 3.63) is 16.5 Å². The third kappa shape index (κ3) is 1.08. The SMILES string of the molecule is Cc1nc(Cl)c2ncsc2n1. The number of hydrogen-bond acceptors (Lipinski definition) is 4. The predicted octanol–water partition coefficient (Wildman–Crippen LogP) is 2.05. The van der Waals surface area contributed by atoms with Gasteiger partial charge in [0.2, 0.25) is 0 Å². The van der Waals surface area contributed by atoms with Crippen molar-refractivity contribution >= 4 is 33.3 Å². The average molecular weight is 186 g/mol. The van der Waals surface area contributed by atoms with Crippen LogP contribution >= 0.6 is 22.9 Å². The van der Waals surface area contributed by atoms with Gasteiger partial charge < -0.3 is 0 Å². The molecule has 0 amide bonds. The van der Waals surface area contributed by atoms with Crippen LogP contribution in [0.3, 0.4) is 0 Å². The summed E-state index contributed by atoms with van der Waals surface area (Å²) in [6, 6.07) is 0. The van der Waals surface area contributed by atoms with E-state index in [0.717, 1.165) is 4.83 Å². The van der Waals surface area contributed by atoms with Crippen LogP contribution in [0.1, 0.15) is 5.82 Å². The summed E-state index contributed by atoms with van der Waals surface area (Å²) in [4.78, 5) is 13.0. The molecule has 0 aliphatic rings. The molecule has 0 aromatic carbocycles. The van der Waals surface area contributed by atoms with Gasteiger partial charge in [-0.1, -0.05) is 11.6 Å². The van der Waals surface area contributed by atoms with Gasteiger partial charge in [-0.2, -0.15) is 0 Å². The van der Waals surface area contributed by atoms with Crippen LogP contribution in [0.2, 0.25) is 5.15 Å². The Labute approximate surface area is 72.1 Å². The van der Waals surface area contributed by atoms with Crippen molar-refractivity contribution in [2.75, 3.05) is 0 Å². The summed E-state index contributed by atoms with van der Waals surface area (Å²) in [6.45, 7) is 1.81. The van der Waals surface area contributed by atoms with E-state index in [-0.39, 0.29) is 0 Å². The Hall–Kier alpha value is -0.740. The minimum atomic E-state index is 0.439. The van der Waals surface area contributed by atoms with E-state index in [1.807, 2.05) is 6.92 Å². The molecule has 0 spiro atoms. The minimum Gasteiger partial charge on any atom is -0.240 e. The molecule has 2 rings (SSSR count). The van der Waals surface area contributed by atoms with Crippen molar-refractivity contribution in [1.29, 1.82) is 0 Å². The predicted molar refractivity (Wildman–Crippen MR) is 45.0 cm³/mol. The first-order valence-electron chi connectivity index (χ1n) is 3.01. The van der Waals surface area contributed by atoms with Crippen LogP contribution in [0.15, 0.2) is 5.51 Å². The van der Waals surface area contributed by atoms with Crippen molar-refractivity contribution in [2.24, 2.45) is 0 Å². The Balaban J connectivity index is 2.91. The van der Waals surface area contributed by atoms with E-state index in [2.05, 4.69) is 15.0 Å². The summed E-state index contributed by atoms with van der Waals surface area (Å²) in [5.41, 5.74) is 2.41. The van der Waals surface area contributed by atoms with Gasteiger partial charge in [-0.3, -0.25) is 0 Å². The second kappa shape index (κ2) is 2.39. The first-order valence-corrected chi connectivity index (χ1v) is 4.26. The van der Waals surface area contributed by atoms with Crippen molar-refractivity contribution in [2.45, 2.75) is 6.92 Å². The molecule has 2 heterocycles. The fraction of sp³-hybridized carbons (Fsp3) is 0.167. The highest BCUT2D eigenvalue weighted by Gasteiger charge is 2.04. The van der Waals surface area contributed by atoms with Crippen molar-refractivity contribution in [1.82, 2.24) is 15.0 Å². The zero-order valence-corrected chi connectivity index (χ0v) is 7.28. The third-order valence-electron chi connectivity index (χ3n) is 1.27. The molecule has 0 aliphatic carbocycles. The minimum absolute atomic E-state index is 0.439. The van der Waals surface area contributed by atoms with Gasteiger partial charge in [0, 0.05) is 0 Å². The van der Waals surface area contributed by atoms with Crippen molar-refractivity contribution < 1.29 is 0 Å². The van der Waals surface area contributed by atoms with Gasteiger partial charge in [0.1, 0.15) is 16.2 Å². The number of aryl methyl sites for hydroxylation is 1. The van der Waals surface area contributed by atoms with E-state index in [1.54, 1.807) is 5.51 Å². The van der Waals surface area contributed by atoms with Gasteiger partial charge in [0.15, 0.2) is 5.15 Å². The second-order valence-electron chi connectivity index (χ2n) is 2.07. The summed E-state index contributed by atoms with van der Waals surface area (Å²) >= 11 is 7.27. The summed E-state index contributed by atoms with van der Waals surface area (Å²) in [6.07, 6.45) is 0. The first-order chi connectivity index (χ1) is 5.27. The molecule has 5 heteroatoms. The Bertz CT molecular complexity index is 398. The monoisotopic (exact) mass is 185 g/mol. The molecule has 11 heavy (non-hydrogen) atoms. The maximum absolute atomic E-state index is 5.80. The van der Waals surface area contributed by atoms with Crippen LogP contribution in [0, 0.1) is 6.92 Å². The number of fused-ring (bicyclic) bond motifs is 1. The molecule has 2 aromatic heterocycles. The maximum atomic E-state index is 5.80. The lowest BCUT2D eigenvalue weighted by Crippen LogP contribution is -1.87. The molecule has 0 saturated carbocycles. The van der Waals surface area contributed by atoms with Crippen LogP contribution in [0.4, 0.5) is 0 Å². The van der Waals surface area contributed by atoms with Gasteiger partial charge >= 0.3 is 0 Å². The van der Waals surface area contributed by atoms with Gasteiger partial charge in [-0.05, 0) is 6.92 Å². The number of halogens is 1. The molecule has 0 N–H and O–H groups in total. The van der Waals surface area contributed by atoms with E-state index in [9.17, 15) is 0 Å². The number of thiazole rings is 1. The van der Waals surface area contributed by atoms with E-state index < -0.39 is 0 Å². The van der Waals surface area contributed by atoms with E-state index in [0.29, 0.717) is 16.5 Å². The van der Waals surface area contributed by atoms with Crippen LogP contribution in [-0.2, 0) is 0 Å². The smallest absolute Gasteiger partial charge is 0.159 e. The summed E-state index contributed by atoms with van der Waals surface area (Å²) in [7, 11) is 0. The lowest BCUT2D eigenvalue weighted by Gasteiger charge is -1.92. The van der Waals surface area contributed by atoms with Crippen LogP contribution < -0.4 is 0 Å². The van der Waals surface area contributed by atoms with E-state index >= 15 is 0 Å². The fourth-order valence-electron chi connectivity index (χ4n) is 0.828. The Kier molecular flexibility index (Phi) is 1.51. The Morgan fingerprint density at radius 3 is 3.09 bits per heavy atom. The average Bonchev–Trinajstić information content (AvgIpc) is 2.34. The largest absolute Gasteiger partial charge is 0.240 e. The van der Waals surface area contributed by atoms with Crippen LogP contribution in [0.25, 0.3) is 10.3 Å². The summed E-state index contributed by atoms with van der Waals surface area (Å²) in [5, 5.41) is 0.439. The Morgan fingerprint density at radius 1 is 1.45 bits per heavy atom. The van der Waals surface area contributed by atoms with Crippen LogP contribution in [0.5, 0.6) is 0 Å². The zero-order chi connectivity index (χ0) is 7.84. The second-order valence-corrected chi connectivity index (χ2v) is 3.26. The third-order valence-corrected chi connectivity index (χ3v) is 2.25. The standard InChI is InChI=1S/C6H4ClN3S/c1-3-9-5(7)4-6(10-3)11-2-8-4/h2H,1H3. The topological polar surface area (TPSA) is 38.7 Å². The van der Waals surface area contributed by atoms with Gasteiger partial charge in [0.05, 0.1) is 5.51 Å². The molecule has 0 atom stereocenters. The van der Waals surface area contributed by atoms with Gasteiger partial charge in [-0.25, -0.2) is 15.0 Å². The Morgan fingerprint density at radius 2 is 2.27 bits per heavy atom. The quantitative estimate of drug-likeness (QED) is 0.590. The molecule has 0 bridgehead atoms. The summed E-state index contributed by atoms with van der Waals surface area (Å²) in [5.74, 6) is 0.687. The molecule has 2 aromatic rings. The normalized spacial score (nSPS) is 10.7. The number of aromatic nitrogens is 3. The molecular weight excluding hydrogens is 182 g/mol. The highest BCUT2D eigenvalue weighted by molar-refractivity contribution is 7.16. The van der Waals surface area contributed by atoms with Crippen molar-refractivity contribution in [3.8, 4) is 0 Å². The molecule has 0 fully saturated rings. The van der Waals surface area contributed by atoms with Gasteiger partial charge in [0.25, 0.3) is 0 Å². The lowest BCUT2D eigenvalue weighted by atomic mass is 10.5. The molecule has 56 valence electrons. The van der Waals surface area contributed by atoms with Crippen LogP contribution in [-0.4, -0.2) is 15.0 Å². The molecule has 0 radical (unpaired) electrons. The molecule has 0 aliphatic heterocycles. The summed E-state index contributed by atoms with van der Waals surface area (Å²) < 4.78 is 0. The number of nitrogens with zero attached hydrogens (tertiary/aromatic N) is 3. The van der Waals surface area contributed by atoms with Crippen molar-refractivity contribution in [3.63, 3.8) is 0 Å². The zero-order valence-electron chi connectivity index (χ0n) is 5.71. The highest BCUT2D eigenvalue weighted by Crippen LogP contribution is 2.21. The highest BCUT2D eigenvalue weighted by atomic mass is 35.5. The molecular formula is C6H4ClN3S.